The van der Waals surface area contributed by atoms with E-state index in [0.29, 0.717) is 0 Å². The fourth-order valence-electron chi connectivity index (χ4n) is 2.41. The normalized spacial score (nSPS) is 16.6. The third-order valence-electron chi connectivity index (χ3n) is 3.58. The van der Waals surface area contributed by atoms with E-state index in [1.165, 1.54) is 25.9 Å². The second-order valence-corrected chi connectivity index (χ2v) is 5.50. The molecule has 0 atom stereocenters. The lowest BCUT2D eigenvalue weighted by Gasteiger charge is -2.22. The van der Waals surface area contributed by atoms with Crippen LogP contribution in [0.4, 0.5) is 5.69 Å². The molecule has 3 nitrogen and oxygen atoms in total. The maximum Gasteiger partial charge on any atom is 0.0471 e. The molecule has 18 heavy (non-hydrogen) atoms. The van der Waals surface area contributed by atoms with Crippen LogP contribution in [0.1, 0.15) is 18.4 Å². The molecule has 0 bridgehead atoms. The van der Waals surface area contributed by atoms with Crippen molar-refractivity contribution in [2.45, 2.75) is 19.4 Å². The SMILES string of the molecule is CN(CCN1CCCC1)Cc1c(N)cccc1Cl. The van der Waals surface area contributed by atoms with Crippen molar-refractivity contribution < 1.29 is 0 Å². The summed E-state index contributed by atoms with van der Waals surface area (Å²) in [6, 6.07) is 5.71. The fraction of sp³-hybridized carbons (Fsp3) is 0.571. The van der Waals surface area contributed by atoms with Crippen LogP contribution < -0.4 is 5.73 Å². The molecule has 0 aromatic heterocycles. The molecule has 100 valence electrons. The van der Waals surface area contributed by atoms with Gasteiger partial charge < -0.3 is 15.5 Å². The highest BCUT2D eigenvalue weighted by atomic mass is 35.5. The van der Waals surface area contributed by atoms with Gasteiger partial charge >= 0.3 is 0 Å². The topological polar surface area (TPSA) is 32.5 Å². The van der Waals surface area contributed by atoms with Crippen LogP contribution in [0.3, 0.4) is 0 Å². The summed E-state index contributed by atoms with van der Waals surface area (Å²) in [4.78, 5) is 4.81. The lowest BCUT2D eigenvalue weighted by atomic mass is 10.1. The van der Waals surface area contributed by atoms with Gasteiger partial charge in [-0.2, -0.15) is 0 Å². The number of nitrogens with two attached hydrogens (primary N) is 1. The number of likely N-dealkylation sites (tertiary alicyclic amines) is 1. The zero-order valence-corrected chi connectivity index (χ0v) is 11.8. The Morgan fingerprint density at radius 3 is 2.72 bits per heavy atom. The molecule has 0 radical (unpaired) electrons. The summed E-state index contributed by atoms with van der Waals surface area (Å²) in [6.45, 7) is 5.52. The number of benzene rings is 1. The van der Waals surface area contributed by atoms with Gasteiger partial charge in [0, 0.05) is 35.9 Å². The Labute approximate surface area is 115 Å². The van der Waals surface area contributed by atoms with Gasteiger partial charge in [-0.1, -0.05) is 17.7 Å². The maximum absolute atomic E-state index is 6.18. The second-order valence-electron chi connectivity index (χ2n) is 5.09. The highest BCUT2D eigenvalue weighted by Crippen LogP contribution is 2.23. The first kappa shape index (κ1) is 13.7. The summed E-state index contributed by atoms with van der Waals surface area (Å²) < 4.78 is 0. The molecule has 0 aliphatic carbocycles. The average molecular weight is 268 g/mol. The van der Waals surface area contributed by atoms with Gasteiger partial charge in [-0.3, -0.25) is 0 Å². The van der Waals surface area contributed by atoms with Crippen LogP contribution in [0.15, 0.2) is 18.2 Å². The molecule has 0 spiro atoms. The standard InChI is InChI=1S/C14H22ClN3/c1-17(9-10-18-7-2-3-8-18)11-12-13(15)5-4-6-14(12)16/h4-6H,2-3,7-11,16H2,1H3. The summed E-state index contributed by atoms with van der Waals surface area (Å²) in [7, 11) is 2.12. The van der Waals surface area contributed by atoms with Crippen molar-refractivity contribution in [1.29, 1.82) is 0 Å². The summed E-state index contributed by atoms with van der Waals surface area (Å²) in [6.07, 6.45) is 2.70. The molecule has 1 aliphatic rings. The number of likely N-dealkylation sites (N-methyl/N-ethyl adjacent to an activating group) is 1. The molecule has 1 aromatic carbocycles. The Kier molecular flexibility index (Phi) is 4.87. The Bertz CT molecular complexity index is 368. The first-order valence-electron chi connectivity index (χ1n) is 6.60. The summed E-state index contributed by atoms with van der Waals surface area (Å²) in [5.74, 6) is 0. The van der Waals surface area contributed by atoms with Crippen molar-refractivity contribution in [3.8, 4) is 0 Å². The molecule has 1 aliphatic heterocycles. The number of hydrogen-bond donors (Lipinski definition) is 1. The first-order chi connectivity index (χ1) is 8.66. The molecule has 1 aromatic rings. The highest BCUT2D eigenvalue weighted by Gasteiger charge is 2.13. The molecular formula is C14H22ClN3. The number of anilines is 1. The van der Waals surface area contributed by atoms with E-state index in [2.05, 4.69) is 16.8 Å². The molecule has 1 fully saturated rings. The van der Waals surface area contributed by atoms with E-state index in [4.69, 9.17) is 17.3 Å². The minimum Gasteiger partial charge on any atom is -0.398 e. The van der Waals surface area contributed by atoms with Crippen LogP contribution in [0.25, 0.3) is 0 Å². The van der Waals surface area contributed by atoms with Gasteiger partial charge in [-0.15, -0.1) is 0 Å². The van der Waals surface area contributed by atoms with E-state index >= 15 is 0 Å². The molecule has 2 rings (SSSR count). The third kappa shape index (κ3) is 3.61. The molecule has 0 saturated carbocycles. The molecular weight excluding hydrogens is 246 g/mol. The number of nitrogen functional groups attached to an aromatic ring is 1. The Morgan fingerprint density at radius 1 is 1.33 bits per heavy atom. The summed E-state index contributed by atoms with van der Waals surface area (Å²) >= 11 is 6.18. The van der Waals surface area contributed by atoms with Gasteiger partial charge in [0.05, 0.1) is 0 Å². The predicted molar refractivity (Wildman–Crippen MR) is 77.9 cm³/mol. The molecule has 0 amide bonds. The lowest BCUT2D eigenvalue weighted by Crippen LogP contribution is -2.31. The van der Waals surface area contributed by atoms with Gasteiger partial charge in [0.2, 0.25) is 0 Å². The van der Waals surface area contributed by atoms with Crippen LogP contribution in [0.2, 0.25) is 5.02 Å². The predicted octanol–water partition coefficient (Wildman–Crippen LogP) is 2.45. The lowest BCUT2D eigenvalue weighted by molar-refractivity contribution is 0.252. The molecule has 1 saturated heterocycles. The Hall–Kier alpha value is -0.770. The first-order valence-corrected chi connectivity index (χ1v) is 6.98. The number of hydrogen-bond acceptors (Lipinski definition) is 3. The largest absolute Gasteiger partial charge is 0.398 e. The summed E-state index contributed by atoms with van der Waals surface area (Å²) in [5, 5.41) is 0.767. The smallest absolute Gasteiger partial charge is 0.0471 e. The van der Waals surface area contributed by atoms with Crippen molar-refractivity contribution in [3.05, 3.63) is 28.8 Å². The van der Waals surface area contributed by atoms with E-state index in [1.807, 2.05) is 18.2 Å². The zero-order valence-electron chi connectivity index (χ0n) is 11.0. The van der Waals surface area contributed by atoms with E-state index in [1.54, 1.807) is 0 Å². The fourth-order valence-corrected chi connectivity index (χ4v) is 2.65. The van der Waals surface area contributed by atoms with Gasteiger partial charge in [-0.25, -0.2) is 0 Å². The van der Waals surface area contributed by atoms with Crippen LogP contribution in [0.5, 0.6) is 0 Å². The van der Waals surface area contributed by atoms with Crippen molar-refractivity contribution in [1.82, 2.24) is 9.80 Å². The Balaban J connectivity index is 1.84. The molecule has 0 unspecified atom stereocenters. The van der Waals surface area contributed by atoms with Crippen molar-refractivity contribution in [2.24, 2.45) is 0 Å². The van der Waals surface area contributed by atoms with Gasteiger partial charge in [0.1, 0.15) is 0 Å². The molecule has 4 heteroatoms. The minimum absolute atomic E-state index is 0.767. The average Bonchev–Trinajstić information content (AvgIpc) is 2.84. The van der Waals surface area contributed by atoms with E-state index in [0.717, 1.165) is 35.9 Å². The molecule has 1 heterocycles. The van der Waals surface area contributed by atoms with Crippen molar-refractivity contribution >= 4 is 17.3 Å². The quantitative estimate of drug-likeness (QED) is 0.832. The third-order valence-corrected chi connectivity index (χ3v) is 3.93. The van der Waals surface area contributed by atoms with Gasteiger partial charge in [0.25, 0.3) is 0 Å². The maximum atomic E-state index is 6.18. The summed E-state index contributed by atoms with van der Waals surface area (Å²) in [5.41, 5.74) is 7.80. The van der Waals surface area contributed by atoms with E-state index in [9.17, 15) is 0 Å². The van der Waals surface area contributed by atoms with Crippen LogP contribution in [-0.2, 0) is 6.54 Å². The van der Waals surface area contributed by atoms with E-state index < -0.39 is 0 Å². The Morgan fingerprint density at radius 2 is 2.06 bits per heavy atom. The monoisotopic (exact) mass is 267 g/mol. The molecule has 2 N–H and O–H groups in total. The van der Waals surface area contributed by atoms with Gasteiger partial charge in [0.15, 0.2) is 0 Å². The number of halogens is 1. The van der Waals surface area contributed by atoms with Crippen LogP contribution in [0, 0.1) is 0 Å². The number of rotatable bonds is 5. The van der Waals surface area contributed by atoms with Crippen LogP contribution >= 0.6 is 11.6 Å². The second kappa shape index (κ2) is 6.41. The van der Waals surface area contributed by atoms with Gasteiger partial charge in [-0.05, 0) is 45.1 Å². The number of nitrogens with zero attached hydrogens (tertiary/aromatic N) is 2. The van der Waals surface area contributed by atoms with Crippen molar-refractivity contribution in [3.63, 3.8) is 0 Å². The minimum atomic E-state index is 0.767. The van der Waals surface area contributed by atoms with Crippen LogP contribution in [-0.4, -0.2) is 43.0 Å². The van der Waals surface area contributed by atoms with Crippen molar-refractivity contribution in [2.75, 3.05) is 39.0 Å². The van der Waals surface area contributed by atoms with E-state index in [-0.39, 0.29) is 0 Å². The highest BCUT2D eigenvalue weighted by molar-refractivity contribution is 6.31. The zero-order chi connectivity index (χ0) is 13.0.